The van der Waals surface area contributed by atoms with Gasteiger partial charge in [0, 0.05) is 23.6 Å². The number of hydrogen-bond acceptors (Lipinski definition) is 1. The molecule has 2 heteroatoms. The van der Waals surface area contributed by atoms with Crippen molar-refractivity contribution in [2.75, 3.05) is 0 Å². The SMILES string of the molecule is c1ccc(-c2nc3n(c2-c2ccccc2)C2CCCCC2C3)cc1. The quantitative estimate of drug-likeness (QED) is 0.610. The van der Waals surface area contributed by atoms with E-state index >= 15 is 0 Å². The molecule has 1 fully saturated rings. The molecule has 0 spiro atoms. The third kappa shape index (κ3) is 2.13. The van der Waals surface area contributed by atoms with Crippen LogP contribution >= 0.6 is 0 Å². The van der Waals surface area contributed by atoms with Gasteiger partial charge in [-0.1, -0.05) is 73.5 Å². The van der Waals surface area contributed by atoms with E-state index in [1.807, 2.05) is 0 Å². The Labute approximate surface area is 143 Å². The normalized spacial score (nSPS) is 22.2. The molecule has 0 bridgehead atoms. The van der Waals surface area contributed by atoms with Crippen molar-refractivity contribution in [2.24, 2.45) is 5.92 Å². The summed E-state index contributed by atoms with van der Waals surface area (Å²) in [5, 5.41) is 0. The van der Waals surface area contributed by atoms with Crippen LogP contribution in [0.5, 0.6) is 0 Å². The zero-order valence-electron chi connectivity index (χ0n) is 13.9. The van der Waals surface area contributed by atoms with Crippen LogP contribution in [0.3, 0.4) is 0 Å². The highest BCUT2D eigenvalue weighted by atomic mass is 15.2. The van der Waals surface area contributed by atoms with E-state index in [9.17, 15) is 0 Å². The summed E-state index contributed by atoms with van der Waals surface area (Å²) in [6, 6.07) is 22.1. The van der Waals surface area contributed by atoms with Crippen molar-refractivity contribution in [1.29, 1.82) is 0 Å². The maximum Gasteiger partial charge on any atom is 0.110 e. The van der Waals surface area contributed by atoms with Crippen LogP contribution in [-0.2, 0) is 6.42 Å². The summed E-state index contributed by atoms with van der Waals surface area (Å²) in [7, 11) is 0. The number of imidazole rings is 1. The number of hydrogen-bond donors (Lipinski definition) is 0. The van der Waals surface area contributed by atoms with Crippen molar-refractivity contribution in [3.05, 3.63) is 66.5 Å². The number of nitrogens with zero attached hydrogens (tertiary/aromatic N) is 2. The molecule has 5 rings (SSSR count). The lowest BCUT2D eigenvalue weighted by molar-refractivity contribution is 0.279. The summed E-state index contributed by atoms with van der Waals surface area (Å²) in [5.41, 5.74) is 5.00. The third-order valence-electron chi connectivity index (χ3n) is 5.72. The van der Waals surface area contributed by atoms with Gasteiger partial charge in [0.1, 0.15) is 5.82 Å². The Balaban J connectivity index is 1.73. The summed E-state index contributed by atoms with van der Waals surface area (Å²) in [6.45, 7) is 0. The third-order valence-corrected chi connectivity index (χ3v) is 5.72. The van der Waals surface area contributed by atoms with E-state index in [1.54, 1.807) is 0 Å². The Kier molecular flexibility index (Phi) is 3.29. The van der Waals surface area contributed by atoms with Crippen LogP contribution in [0.2, 0.25) is 0 Å². The molecule has 1 aliphatic heterocycles. The minimum Gasteiger partial charge on any atom is -0.324 e. The summed E-state index contributed by atoms with van der Waals surface area (Å²) in [5.74, 6) is 2.10. The highest BCUT2D eigenvalue weighted by Gasteiger charge is 2.38. The molecular formula is C22H22N2. The Morgan fingerprint density at radius 1 is 0.792 bits per heavy atom. The standard InChI is InChI=1S/C22H22N2/c1-3-9-16(10-4-1)21-22(17-11-5-2-6-12-17)24-19-14-8-7-13-18(19)15-20(24)23-21/h1-6,9-12,18-19H,7-8,13-15H2. The second kappa shape index (κ2) is 5.62. The van der Waals surface area contributed by atoms with Crippen LogP contribution in [0.15, 0.2) is 60.7 Å². The highest BCUT2D eigenvalue weighted by molar-refractivity contribution is 5.79. The first-order valence-electron chi connectivity index (χ1n) is 9.14. The van der Waals surface area contributed by atoms with Crippen LogP contribution in [0.1, 0.15) is 37.5 Å². The lowest BCUT2D eigenvalue weighted by atomic mass is 9.84. The molecule has 0 amide bonds. The number of aromatic nitrogens is 2. The highest BCUT2D eigenvalue weighted by Crippen LogP contribution is 2.47. The van der Waals surface area contributed by atoms with Gasteiger partial charge >= 0.3 is 0 Å². The van der Waals surface area contributed by atoms with Crippen molar-refractivity contribution in [1.82, 2.24) is 9.55 Å². The molecule has 24 heavy (non-hydrogen) atoms. The zero-order chi connectivity index (χ0) is 15.9. The number of benzene rings is 2. The Hall–Kier alpha value is -2.35. The van der Waals surface area contributed by atoms with Crippen LogP contribution in [0, 0.1) is 5.92 Å². The molecule has 1 saturated carbocycles. The van der Waals surface area contributed by atoms with Gasteiger partial charge in [-0.2, -0.15) is 0 Å². The van der Waals surface area contributed by atoms with Gasteiger partial charge in [-0.15, -0.1) is 0 Å². The van der Waals surface area contributed by atoms with E-state index in [0.29, 0.717) is 6.04 Å². The Morgan fingerprint density at radius 3 is 2.21 bits per heavy atom. The van der Waals surface area contributed by atoms with Gasteiger partial charge in [-0.3, -0.25) is 0 Å². The van der Waals surface area contributed by atoms with Gasteiger partial charge in [0.25, 0.3) is 0 Å². The molecule has 0 saturated heterocycles. The van der Waals surface area contributed by atoms with Crippen molar-refractivity contribution in [3.63, 3.8) is 0 Å². The summed E-state index contributed by atoms with van der Waals surface area (Å²) < 4.78 is 2.58. The molecule has 2 nitrogen and oxygen atoms in total. The lowest BCUT2D eigenvalue weighted by Crippen LogP contribution is -2.18. The zero-order valence-corrected chi connectivity index (χ0v) is 13.9. The van der Waals surface area contributed by atoms with Crippen molar-refractivity contribution >= 4 is 0 Å². The fraction of sp³-hybridized carbons (Fsp3) is 0.318. The minimum atomic E-state index is 0.647. The lowest BCUT2D eigenvalue weighted by Gasteiger charge is -2.27. The van der Waals surface area contributed by atoms with E-state index in [1.165, 1.54) is 48.3 Å². The van der Waals surface area contributed by atoms with Gasteiger partial charge in [0.15, 0.2) is 0 Å². The van der Waals surface area contributed by atoms with Gasteiger partial charge in [0.2, 0.25) is 0 Å². The average Bonchev–Trinajstić information content (AvgIpc) is 3.19. The average molecular weight is 314 g/mol. The summed E-state index contributed by atoms with van der Waals surface area (Å²) in [6.07, 6.45) is 6.56. The first-order chi connectivity index (χ1) is 11.9. The van der Waals surface area contributed by atoms with Gasteiger partial charge in [0.05, 0.1) is 11.4 Å². The topological polar surface area (TPSA) is 17.8 Å². The molecule has 2 atom stereocenters. The molecule has 120 valence electrons. The molecule has 0 N–H and O–H groups in total. The van der Waals surface area contributed by atoms with Crippen LogP contribution < -0.4 is 0 Å². The summed E-state index contributed by atoms with van der Waals surface area (Å²) in [4.78, 5) is 5.12. The smallest absolute Gasteiger partial charge is 0.110 e. The Morgan fingerprint density at radius 2 is 1.46 bits per heavy atom. The van der Waals surface area contributed by atoms with E-state index in [0.717, 1.165) is 18.0 Å². The maximum absolute atomic E-state index is 5.12. The molecule has 0 radical (unpaired) electrons. The molecule has 2 unspecified atom stereocenters. The number of fused-ring (bicyclic) bond motifs is 3. The molecule has 1 aliphatic carbocycles. The predicted octanol–water partition coefficient (Wildman–Crippen LogP) is 5.50. The fourth-order valence-corrected chi connectivity index (χ4v) is 4.65. The monoisotopic (exact) mass is 314 g/mol. The second-order valence-electron chi connectivity index (χ2n) is 7.14. The fourth-order valence-electron chi connectivity index (χ4n) is 4.65. The first kappa shape index (κ1) is 14.0. The largest absolute Gasteiger partial charge is 0.324 e. The molecule has 2 heterocycles. The van der Waals surface area contributed by atoms with E-state index in [2.05, 4.69) is 65.2 Å². The van der Waals surface area contributed by atoms with Gasteiger partial charge < -0.3 is 4.57 Å². The van der Waals surface area contributed by atoms with Crippen molar-refractivity contribution < 1.29 is 0 Å². The van der Waals surface area contributed by atoms with Gasteiger partial charge in [-0.05, 0) is 18.8 Å². The second-order valence-corrected chi connectivity index (χ2v) is 7.14. The number of rotatable bonds is 2. The van der Waals surface area contributed by atoms with Crippen LogP contribution in [-0.4, -0.2) is 9.55 Å². The molecule has 3 aromatic rings. The van der Waals surface area contributed by atoms with Gasteiger partial charge in [-0.25, -0.2) is 4.98 Å². The molecular weight excluding hydrogens is 292 g/mol. The van der Waals surface area contributed by atoms with Crippen molar-refractivity contribution in [3.8, 4) is 22.5 Å². The molecule has 2 aromatic carbocycles. The maximum atomic E-state index is 5.12. The minimum absolute atomic E-state index is 0.647. The van der Waals surface area contributed by atoms with E-state index in [-0.39, 0.29) is 0 Å². The molecule has 2 aliphatic rings. The van der Waals surface area contributed by atoms with E-state index < -0.39 is 0 Å². The van der Waals surface area contributed by atoms with Crippen LogP contribution in [0.25, 0.3) is 22.5 Å². The van der Waals surface area contributed by atoms with Crippen molar-refractivity contribution in [2.45, 2.75) is 38.1 Å². The molecule has 1 aromatic heterocycles. The first-order valence-corrected chi connectivity index (χ1v) is 9.14. The summed E-state index contributed by atoms with van der Waals surface area (Å²) >= 11 is 0. The Bertz CT molecular complexity index is 848. The predicted molar refractivity (Wildman–Crippen MR) is 97.8 cm³/mol. The van der Waals surface area contributed by atoms with Crippen LogP contribution in [0.4, 0.5) is 0 Å². The van der Waals surface area contributed by atoms with E-state index in [4.69, 9.17) is 4.98 Å².